The molecule has 0 saturated carbocycles. The second kappa shape index (κ2) is 3.96. The molecule has 0 amide bonds. The van der Waals surface area contributed by atoms with Gasteiger partial charge in [0.15, 0.2) is 0 Å². The Kier molecular flexibility index (Phi) is 3.98. The predicted octanol–water partition coefficient (Wildman–Crippen LogP) is 3.32. The van der Waals surface area contributed by atoms with Crippen LogP contribution in [0, 0.1) is 0 Å². The summed E-state index contributed by atoms with van der Waals surface area (Å²) in [6, 6.07) is 0. The third kappa shape index (κ3) is 3.09. The van der Waals surface area contributed by atoms with Crippen molar-refractivity contribution in [3.8, 4) is 0 Å². The molecule has 0 unspecified atom stereocenters. The molecule has 0 aliphatic rings. The monoisotopic (exact) mass is 132 g/mol. The van der Waals surface area contributed by atoms with Crippen molar-refractivity contribution in [1.82, 2.24) is 0 Å². The Morgan fingerprint density at radius 1 is 1.38 bits per heavy atom. The van der Waals surface area contributed by atoms with Gasteiger partial charge < -0.3 is 0 Å². The van der Waals surface area contributed by atoms with Crippen molar-refractivity contribution in [3.63, 3.8) is 0 Å². The van der Waals surface area contributed by atoms with Crippen LogP contribution in [0.1, 0.15) is 33.6 Å². The van der Waals surface area contributed by atoms with E-state index in [0.717, 1.165) is 17.9 Å². The van der Waals surface area contributed by atoms with E-state index in [1.807, 2.05) is 13.8 Å². The van der Waals surface area contributed by atoms with Gasteiger partial charge >= 0.3 is 0 Å². The molecule has 0 heterocycles. The van der Waals surface area contributed by atoms with Gasteiger partial charge in [-0.2, -0.15) is 0 Å². The van der Waals surface area contributed by atoms with Gasteiger partial charge in [0, 0.05) is 5.03 Å². The molecule has 0 aromatic heterocycles. The summed E-state index contributed by atoms with van der Waals surface area (Å²) in [5.41, 5.74) is 1.24. The Bertz CT molecular complexity index is 88.6. The van der Waals surface area contributed by atoms with E-state index >= 15 is 0 Å². The highest BCUT2D eigenvalue weighted by molar-refractivity contribution is 6.29. The minimum Gasteiger partial charge on any atom is -0.0892 e. The van der Waals surface area contributed by atoms with Crippen molar-refractivity contribution in [2.75, 3.05) is 0 Å². The lowest BCUT2D eigenvalue weighted by Gasteiger charge is -1.95. The standard InChI is InChI=1S/C7H13Cl/c1-4-5-7(8)6(2)3/h4-5H2,1-3H3. The quantitative estimate of drug-likeness (QED) is 0.541. The number of allylic oxidation sites excluding steroid dienone is 2. The third-order valence-electron chi connectivity index (χ3n) is 1.01. The SMILES string of the molecule is CCCC(Cl)=C(C)C. The van der Waals surface area contributed by atoms with Crippen LogP contribution in [0.25, 0.3) is 0 Å². The van der Waals surface area contributed by atoms with E-state index in [4.69, 9.17) is 11.6 Å². The lowest BCUT2D eigenvalue weighted by atomic mass is 10.2. The fraction of sp³-hybridized carbons (Fsp3) is 0.714. The summed E-state index contributed by atoms with van der Waals surface area (Å²) in [4.78, 5) is 0. The summed E-state index contributed by atoms with van der Waals surface area (Å²) in [5, 5.41) is 1.02. The number of rotatable bonds is 2. The molecule has 0 fully saturated rings. The van der Waals surface area contributed by atoms with E-state index in [2.05, 4.69) is 6.92 Å². The van der Waals surface area contributed by atoms with Crippen LogP contribution in [0.15, 0.2) is 10.6 Å². The van der Waals surface area contributed by atoms with Crippen LogP contribution >= 0.6 is 11.6 Å². The molecule has 0 N–H and O–H groups in total. The maximum atomic E-state index is 5.80. The number of halogens is 1. The topological polar surface area (TPSA) is 0 Å². The lowest BCUT2D eigenvalue weighted by molar-refractivity contribution is 0.933. The van der Waals surface area contributed by atoms with Gasteiger partial charge in [0.25, 0.3) is 0 Å². The molecule has 0 aliphatic heterocycles. The fourth-order valence-corrected chi connectivity index (χ4v) is 0.658. The van der Waals surface area contributed by atoms with E-state index < -0.39 is 0 Å². The molecule has 0 rings (SSSR count). The molecular weight excluding hydrogens is 120 g/mol. The Labute approximate surface area is 56.5 Å². The second-order valence-corrected chi connectivity index (χ2v) is 2.61. The van der Waals surface area contributed by atoms with Gasteiger partial charge in [-0.25, -0.2) is 0 Å². The average Bonchev–Trinajstić information content (AvgIpc) is 1.67. The van der Waals surface area contributed by atoms with E-state index in [-0.39, 0.29) is 0 Å². The molecule has 8 heavy (non-hydrogen) atoms. The van der Waals surface area contributed by atoms with Gasteiger partial charge in [0.05, 0.1) is 0 Å². The summed E-state index contributed by atoms with van der Waals surface area (Å²) in [6.45, 7) is 6.21. The maximum Gasteiger partial charge on any atom is 0.0167 e. The predicted molar refractivity (Wildman–Crippen MR) is 39.1 cm³/mol. The van der Waals surface area contributed by atoms with Gasteiger partial charge in [-0.1, -0.05) is 30.5 Å². The molecule has 0 radical (unpaired) electrons. The summed E-state index contributed by atoms with van der Waals surface area (Å²) in [5.74, 6) is 0. The van der Waals surface area contributed by atoms with Gasteiger partial charge in [-0.3, -0.25) is 0 Å². The lowest BCUT2D eigenvalue weighted by Crippen LogP contribution is -1.74. The first-order valence-electron chi connectivity index (χ1n) is 3.00. The smallest absolute Gasteiger partial charge is 0.0167 e. The molecule has 0 aromatic carbocycles. The average molecular weight is 133 g/mol. The normalized spacial score (nSPS) is 9.00. The molecule has 0 aromatic rings. The van der Waals surface area contributed by atoms with Crippen molar-refractivity contribution >= 4 is 11.6 Å². The third-order valence-corrected chi connectivity index (χ3v) is 1.58. The zero-order valence-electron chi connectivity index (χ0n) is 5.79. The van der Waals surface area contributed by atoms with Gasteiger partial charge in [-0.15, -0.1) is 0 Å². The van der Waals surface area contributed by atoms with Crippen molar-refractivity contribution in [2.24, 2.45) is 0 Å². The maximum absolute atomic E-state index is 5.80. The molecule has 0 atom stereocenters. The first-order chi connectivity index (χ1) is 3.68. The van der Waals surface area contributed by atoms with E-state index in [0.29, 0.717) is 0 Å². The van der Waals surface area contributed by atoms with Gasteiger partial charge in [0.2, 0.25) is 0 Å². The molecule has 1 heteroatoms. The zero-order valence-corrected chi connectivity index (χ0v) is 6.55. The highest BCUT2D eigenvalue weighted by atomic mass is 35.5. The highest BCUT2D eigenvalue weighted by Gasteiger charge is 1.90. The molecule has 0 aliphatic carbocycles. The van der Waals surface area contributed by atoms with Crippen molar-refractivity contribution in [2.45, 2.75) is 33.6 Å². The molecule has 0 spiro atoms. The number of hydrogen-bond acceptors (Lipinski definition) is 0. The second-order valence-electron chi connectivity index (χ2n) is 2.15. The van der Waals surface area contributed by atoms with E-state index in [1.165, 1.54) is 5.57 Å². The minimum atomic E-state index is 1.02. The number of hydrogen-bond donors (Lipinski definition) is 0. The zero-order chi connectivity index (χ0) is 6.57. The Morgan fingerprint density at radius 3 is 2.00 bits per heavy atom. The van der Waals surface area contributed by atoms with Gasteiger partial charge in [-0.05, 0) is 20.3 Å². The van der Waals surface area contributed by atoms with Crippen LogP contribution in [0.2, 0.25) is 0 Å². The summed E-state index contributed by atoms with van der Waals surface area (Å²) in [6.07, 6.45) is 2.17. The molecule has 0 bridgehead atoms. The Hall–Kier alpha value is 0.0300. The van der Waals surface area contributed by atoms with Crippen LogP contribution in [0.3, 0.4) is 0 Å². The molecule has 48 valence electrons. The van der Waals surface area contributed by atoms with Crippen molar-refractivity contribution in [3.05, 3.63) is 10.6 Å². The van der Waals surface area contributed by atoms with Crippen LogP contribution in [-0.4, -0.2) is 0 Å². The van der Waals surface area contributed by atoms with Crippen LogP contribution in [0.5, 0.6) is 0 Å². The summed E-state index contributed by atoms with van der Waals surface area (Å²) >= 11 is 5.80. The van der Waals surface area contributed by atoms with Crippen LogP contribution in [0.4, 0.5) is 0 Å². The van der Waals surface area contributed by atoms with Crippen LogP contribution in [-0.2, 0) is 0 Å². The Morgan fingerprint density at radius 2 is 1.88 bits per heavy atom. The molecular formula is C7H13Cl. The summed E-state index contributed by atoms with van der Waals surface area (Å²) in [7, 11) is 0. The van der Waals surface area contributed by atoms with Crippen molar-refractivity contribution in [1.29, 1.82) is 0 Å². The first kappa shape index (κ1) is 8.03. The van der Waals surface area contributed by atoms with Crippen LogP contribution < -0.4 is 0 Å². The molecule has 0 saturated heterocycles. The minimum absolute atomic E-state index is 1.02. The fourth-order valence-electron chi connectivity index (χ4n) is 0.469. The van der Waals surface area contributed by atoms with Crippen molar-refractivity contribution < 1.29 is 0 Å². The van der Waals surface area contributed by atoms with E-state index in [1.54, 1.807) is 0 Å². The highest BCUT2D eigenvalue weighted by Crippen LogP contribution is 2.13. The Balaban J connectivity index is 3.62. The van der Waals surface area contributed by atoms with Gasteiger partial charge in [0.1, 0.15) is 0 Å². The van der Waals surface area contributed by atoms with E-state index in [9.17, 15) is 0 Å². The largest absolute Gasteiger partial charge is 0.0892 e. The first-order valence-corrected chi connectivity index (χ1v) is 3.38. The summed E-state index contributed by atoms with van der Waals surface area (Å²) < 4.78 is 0. The molecule has 0 nitrogen and oxygen atoms in total.